The molecule has 0 radical (unpaired) electrons. The fourth-order valence-electron chi connectivity index (χ4n) is 7.99. The molecule has 0 saturated heterocycles. The van der Waals surface area contributed by atoms with Crippen molar-refractivity contribution in [1.29, 1.82) is 0 Å². The number of esters is 2. The number of hydrogen-bond acceptors (Lipinski definition) is 12. The van der Waals surface area contributed by atoms with Crippen LogP contribution in [0.2, 0.25) is 0 Å². The van der Waals surface area contributed by atoms with E-state index in [0.717, 1.165) is 57.8 Å². The van der Waals surface area contributed by atoms with Crippen molar-refractivity contribution in [2.75, 3.05) is 13.2 Å². The molecular weight excluding hydrogens is 828 g/mol. The van der Waals surface area contributed by atoms with E-state index < -0.39 is 75.7 Å². The van der Waals surface area contributed by atoms with Crippen LogP contribution >= 0.6 is 7.82 Å². The van der Waals surface area contributed by atoms with Crippen LogP contribution in [0.4, 0.5) is 0 Å². The molecule has 63 heavy (non-hydrogen) atoms. The highest BCUT2D eigenvalue weighted by molar-refractivity contribution is 7.47. The number of carbonyl (C=O) groups excluding carboxylic acids is 2. The van der Waals surface area contributed by atoms with E-state index in [0.29, 0.717) is 12.8 Å². The molecular formula is C49H93O13P. The maximum Gasteiger partial charge on any atom is 0.472 e. The second-order valence-corrected chi connectivity index (χ2v) is 19.4. The third-order valence-electron chi connectivity index (χ3n) is 12.1. The lowest BCUT2D eigenvalue weighted by Gasteiger charge is -2.41. The number of hydrogen-bond donors (Lipinski definition) is 6. The molecule has 0 spiro atoms. The first kappa shape index (κ1) is 59.6. The lowest BCUT2D eigenvalue weighted by atomic mass is 9.85. The van der Waals surface area contributed by atoms with Gasteiger partial charge in [0.25, 0.3) is 0 Å². The zero-order valence-corrected chi connectivity index (χ0v) is 40.5. The third-order valence-corrected chi connectivity index (χ3v) is 13.1. The smallest absolute Gasteiger partial charge is 0.462 e. The summed E-state index contributed by atoms with van der Waals surface area (Å²) >= 11 is 0. The van der Waals surface area contributed by atoms with E-state index >= 15 is 0 Å². The molecule has 0 bridgehead atoms. The highest BCUT2D eigenvalue weighted by atomic mass is 31.2. The lowest BCUT2D eigenvalue weighted by Crippen LogP contribution is -2.64. The number of aliphatic hydroxyl groups is 5. The molecule has 0 aromatic carbocycles. The van der Waals surface area contributed by atoms with E-state index in [-0.39, 0.29) is 12.8 Å². The molecule has 0 heterocycles. The third kappa shape index (κ3) is 32.0. The van der Waals surface area contributed by atoms with Gasteiger partial charge < -0.3 is 39.9 Å². The Morgan fingerprint density at radius 3 is 1.22 bits per heavy atom. The first-order valence-electron chi connectivity index (χ1n) is 25.5. The second-order valence-electron chi connectivity index (χ2n) is 18.0. The van der Waals surface area contributed by atoms with Gasteiger partial charge in [0.1, 0.15) is 43.2 Å². The Hall–Kier alpha value is -1.41. The van der Waals surface area contributed by atoms with Crippen LogP contribution in [0.3, 0.4) is 0 Å². The Bertz CT molecular complexity index is 1160. The van der Waals surface area contributed by atoms with Crippen LogP contribution in [0, 0.1) is 0 Å². The number of ether oxygens (including phenoxy) is 2. The van der Waals surface area contributed by atoms with E-state index in [4.69, 9.17) is 18.5 Å². The molecule has 13 nitrogen and oxygen atoms in total. The molecule has 1 saturated carbocycles. The van der Waals surface area contributed by atoms with Crippen LogP contribution in [0.15, 0.2) is 12.2 Å². The quantitative estimate of drug-likeness (QED) is 0.0146. The predicted molar refractivity (Wildman–Crippen MR) is 249 cm³/mol. The molecule has 1 aliphatic carbocycles. The van der Waals surface area contributed by atoms with Crippen LogP contribution in [0.5, 0.6) is 0 Å². The average Bonchev–Trinajstić information content (AvgIpc) is 3.26. The molecule has 0 aliphatic heterocycles. The van der Waals surface area contributed by atoms with Crippen molar-refractivity contribution in [2.24, 2.45) is 0 Å². The summed E-state index contributed by atoms with van der Waals surface area (Å²) in [7, 11) is -5.12. The van der Waals surface area contributed by atoms with Crippen LogP contribution in [-0.2, 0) is 32.7 Å². The summed E-state index contributed by atoms with van der Waals surface area (Å²) in [6.45, 7) is 3.31. The topological polar surface area (TPSA) is 210 Å². The first-order chi connectivity index (χ1) is 30.4. The van der Waals surface area contributed by atoms with E-state index in [1.165, 1.54) is 135 Å². The van der Waals surface area contributed by atoms with Crippen LogP contribution in [0.1, 0.15) is 232 Å². The fraction of sp³-hybridized carbons (Fsp3) is 0.918. The van der Waals surface area contributed by atoms with E-state index in [2.05, 4.69) is 26.0 Å². The number of rotatable bonds is 43. The largest absolute Gasteiger partial charge is 0.472 e. The molecule has 0 aromatic rings. The highest BCUT2D eigenvalue weighted by Gasteiger charge is 2.51. The van der Waals surface area contributed by atoms with Crippen molar-refractivity contribution in [3.63, 3.8) is 0 Å². The average molecular weight is 921 g/mol. The minimum Gasteiger partial charge on any atom is -0.462 e. The molecule has 8 atom stereocenters. The van der Waals surface area contributed by atoms with Gasteiger partial charge in [0.2, 0.25) is 0 Å². The summed E-state index contributed by atoms with van der Waals surface area (Å²) < 4.78 is 33.6. The molecule has 372 valence electrons. The number of phosphoric acid groups is 1. The van der Waals surface area contributed by atoms with E-state index in [1.807, 2.05) is 0 Å². The lowest BCUT2D eigenvalue weighted by molar-refractivity contribution is -0.220. The highest BCUT2D eigenvalue weighted by Crippen LogP contribution is 2.47. The van der Waals surface area contributed by atoms with Gasteiger partial charge in [0, 0.05) is 12.8 Å². The van der Waals surface area contributed by atoms with Crippen molar-refractivity contribution in [1.82, 2.24) is 0 Å². The summed E-state index contributed by atoms with van der Waals surface area (Å²) in [5, 5.41) is 50.2. The Morgan fingerprint density at radius 1 is 0.476 bits per heavy atom. The summed E-state index contributed by atoms with van der Waals surface area (Å²) in [4.78, 5) is 35.8. The van der Waals surface area contributed by atoms with Gasteiger partial charge in [-0.2, -0.15) is 0 Å². The standard InChI is InChI=1S/C49H93O13P/c1-3-5-7-9-11-13-15-17-18-19-20-21-22-23-24-26-27-29-31-33-35-37-42(50)59-39-41(40-60-63(57,58)62-49-47(55)45(53)44(52)46(54)48(49)56)61-43(51)38-36-34-32-30-28-25-16-14-12-10-8-6-4-2/h14,16,41,44-49,52-56H,3-13,15,17-40H2,1-2H3,(H,57,58)/b16-14+/t41-,44?,45-,46?,47?,48?,49?/m0/s1. The van der Waals surface area contributed by atoms with Crippen molar-refractivity contribution >= 4 is 19.8 Å². The van der Waals surface area contributed by atoms with Gasteiger partial charge in [0.15, 0.2) is 6.10 Å². The van der Waals surface area contributed by atoms with Crippen LogP contribution in [0.25, 0.3) is 0 Å². The monoisotopic (exact) mass is 921 g/mol. The molecule has 1 fully saturated rings. The summed E-state index contributed by atoms with van der Waals surface area (Å²) in [5.74, 6) is -1.10. The van der Waals surface area contributed by atoms with Crippen molar-refractivity contribution in [2.45, 2.75) is 275 Å². The van der Waals surface area contributed by atoms with Crippen LogP contribution < -0.4 is 0 Å². The zero-order valence-electron chi connectivity index (χ0n) is 39.6. The maximum absolute atomic E-state index is 12.8. The van der Waals surface area contributed by atoms with E-state index in [1.54, 1.807) is 0 Å². The SMILES string of the molecule is CCCCCC/C=C/CCCCCCCC(=O)O[C@@H](COC(=O)CCCCCCCCCCCCCCCCCCCCCCC)COP(=O)(O)OC1C(O)C(O)C(O)[C@H](O)C1O. The number of allylic oxidation sites excluding steroid dienone is 2. The molecule has 0 amide bonds. The van der Waals surface area contributed by atoms with Crippen molar-refractivity contribution < 1.29 is 63.1 Å². The molecule has 6 unspecified atom stereocenters. The Labute approximate surface area is 382 Å². The molecule has 1 aliphatic rings. The summed E-state index contributed by atoms with van der Waals surface area (Å²) in [5.41, 5.74) is 0. The van der Waals surface area contributed by atoms with Gasteiger partial charge in [-0.15, -0.1) is 0 Å². The Balaban J connectivity index is 2.36. The van der Waals surface area contributed by atoms with Gasteiger partial charge in [-0.25, -0.2) is 4.57 Å². The van der Waals surface area contributed by atoms with Crippen molar-refractivity contribution in [3.05, 3.63) is 12.2 Å². The minimum absolute atomic E-state index is 0.0907. The fourth-order valence-corrected chi connectivity index (χ4v) is 8.96. The minimum atomic E-state index is -5.12. The van der Waals surface area contributed by atoms with Gasteiger partial charge in [-0.05, 0) is 38.5 Å². The Morgan fingerprint density at radius 2 is 0.810 bits per heavy atom. The van der Waals surface area contributed by atoms with Crippen LogP contribution in [-0.4, -0.2) is 98.3 Å². The van der Waals surface area contributed by atoms with Gasteiger partial charge in [-0.1, -0.05) is 193 Å². The van der Waals surface area contributed by atoms with Gasteiger partial charge in [-0.3, -0.25) is 18.6 Å². The van der Waals surface area contributed by atoms with E-state index in [9.17, 15) is 44.6 Å². The number of unbranched alkanes of at least 4 members (excludes halogenated alkanes) is 29. The Kier molecular flexibility index (Phi) is 37.6. The summed E-state index contributed by atoms with van der Waals surface area (Å²) in [6.07, 6.45) is 29.8. The zero-order chi connectivity index (χ0) is 46.4. The summed E-state index contributed by atoms with van der Waals surface area (Å²) in [6, 6.07) is 0. The molecule has 0 aromatic heterocycles. The molecule has 1 rings (SSSR count). The van der Waals surface area contributed by atoms with Gasteiger partial charge >= 0.3 is 19.8 Å². The number of phosphoric ester groups is 1. The normalized spacial score (nSPS) is 21.7. The second kappa shape index (κ2) is 39.7. The predicted octanol–water partition coefficient (Wildman–Crippen LogP) is 10.6. The molecule has 6 N–H and O–H groups in total. The van der Waals surface area contributed by atoms with Gasteiger partial charge in [0.05, 0.1) is 6.61 Å². The molecule has 14 heteroatoms. The number of carbonyl (C=O) groups is 2. The number of aliphatic hydroxyl groups excluding tert-OH is 5. The maximum atomic E-state index is 12.8. The van der Waals surface area contributed by atoms with Crippen molar-refractivity contribution in [3.8, 4) is 0 Å². The first-order valence-corrected chi connectivity index (χ1v) is 27.0.